The normalized spacial score (nSPS) is 12.8. The van der Waals surface area contributed by atoms with Crippen LogP contribution in [0.1, 0.15) is 0 Å². The van der Waals surface area contributed by atoms with Crippen LogP contribution in [0.15, 0.2) is 42.5 Å². The third-order valence-electron chi connectivity index (χ3n) is 3.76. The molecule has 1 N–H and O–H groups in total. The van der Waals surface area contributed by atoms with Crippen LogP contribution < -0.4 is 19.7 Å². The molecule has 9 heteroatoms. The molecule has 134 valence electrons. The Morgan fingerprint density at radius 1 is 1.35 bits per heavy atom. The standard InChI is InChI=1S/C17H15N3O6/c1-25-11-6-7-12(14(8-11)20(23)24)18-16(21)9-19-10-17(22)26-15-5-3-2-4-13(15)19/h2-8H,9-10H2,1H3,(H,18,21). The highest BCUT2D eigenvalue weighted by Gasteiger charge is 2.26. The molecule has 0 aliphatic carbocycles. The lowest BCUT2D eigenvalue weighted by atomic mass is 10.2. The van der Waals surface area contributed by atoms with Gasteiger partial charge in [-0.1, -0.05) is 12.1 Å². The molecule has 2 aromatic carbocycles. The minimum atomic E-state index is -0.605. The van der Waals surface area contributed by atoms with Crippen molar-refractivity contribution >= 4 is 28.9 Å². The molecule has 2 aromatic rings. The fourth-order valence-corrected chi connectivity index (χ4v) is 2.60. The number of esters is 1. The summed E-state index contributed by atoms with van der Waals surface area (Å²) >= 11 is 0. The second-order valence-electron chi connectivity index (χ2n) is 5.49. The van der Waals surface area contributed by atoms with E-state index in [1.807, 2.05) is 0 Å². The summed E-state index contributed by atoms with van der Waals surface area (Å²) in [4.78, 5) is 36.2. The van der Waals surface area contributed by atoms with Crippen molar-refractivity contribution < 1.29 is 24.0 Å². The first-order chi connectivity index (χ1) is 12.5. The number of nitro benzene ring substituents is 1. The number of methoxy groups -OCH3 is 1. The van der Waals surface area contributed by atoms with E-state index in [1.165, 1.54) is 25.3 Å². The van der Waals surface area contributed by atoms with Crippen LogP contribution >= 0.6 is 0 Å². The van der Waals surface area contributed by atoms with E-state index in [2.05, 4.69) is 5.32 Å². The molecule has 0 atom stereocenters. The van der Waals surface area contributed by atoms with Crippen molar-refractivity contribution in [2.75, 3.05) is 30.4 Å². The van der Waals surface area contributed by atoms with Gasteiger partial charge in [-0.25, -0.2) is 4.79 Å². The van der Waals surface area contributed by atoms with Gasteiger partial charge >= 0.3 is 5.97 Å². The Labute approximate surface area is 148 Å². The first kappa shape index (κ1) is 17.2. The zero-order valence-electron chi connectivity index (χ0n) is 13.8. The lowest BCUT2D eigenvalue weighted by Crippen LogP contribution is -2.41. The highest BCUT2D eigenvalue weighted by Crippen LogP contribution is 2.32. The van der Waals surface area contributed by atoms with Gasteiger partial charge in [0, 0.05) is 0 Å². The molecule has 0 aromatic heterocycles. The number of benzene rings is 2. The molecule has 3 rings (SSSR count). The van der Waals surface area contributed by atoms with Gasteiger partial charge < -0.3 is 19.7 Å². The second kappa shape index (κ2) is 7.09. The molecule has 1 aliphatic heterocycles. The van der Waals surface area contributed by atoms with Gasteiger partial charge in [0.2, 0.25) is 5.91 Å². The van der Waals surface area contributed by atoms with E-state index >= 15 is 0 Å². The fourth-order valence-electron chi connectivity index (χ4n) is 2.60. The Hall–Kier alpha value is -3.62. The molecule has 1 amide bonds. The molecule has 0 saturated heterocycles. The van der Waals surface area contributed by atoms with E-state index in [4.69, 9.17) is 9.47 Å². The number of nitro groups is 1. The smallest absolute Gasteiger partial charge is 0.331 e. The summed E-state index contributed by atoms with van der Waals surface area (Å²) < 4.78 is 10.1. The SMILES string of the molecule is COc1ccc(NC(=O)CN2CC(=O)Oc3ccccc32)c([N+](=O)[O-])c1. The van der Waals surface area contributed by atoms with Crippen molar-refractivity contribution in [3.63, 3.8) is 0 Å². The quantitative estimate of drug-likeness (QED) is 0.377. The number of hydrogen-bond acceptors (Lipinski definition) is 7. The number of anilines is 2. The van der Waals surface area contributed by atoms with Crippen molar-refractivity contribution in [3.8, 4) is 11.5 Å². The number of hydrogen-bond donors (Lipinski definition) is 1. The van der Waals surface area contributed by atoms with Gasteiger partial charge in [-0.05, 0) is 24.3 Å². The third-order valence-corrected chi connectivity index (χ3v) is 3.76. The molecular formula is C17H15N3O6. The van der Waals surface area contributed by atoms with E-state index < -0.39 is 16.8 Å². The average Bonchev–Trinajstić information content (AvgIpc) is 2.61. The largest absolute Gasteiger partial charge is 0.496 e. The second-order valence-corrected chi connectivity index (χ2v) is 5.49. The topological polar surface area (TPSA) is 111 Å². The van der Waals surface area contributed by atoms with Crippen LogP contribution in [-0.4, -0.2) is 37.0 Å². The lowest BCUT2D eigenvalue weighted by Gasteiger charge is -2.29. The van der Waals surface area contributed by atoms with Crippen molar-refractivity contribution in [1.82, 2.24) is 0 Å². The van der Waals surface area contributed by atoms with Gasteiger partial charge in [-0.3, -0.25) is 14.9 Å². The van der Waals surface area contributed by atoms with Crippen LogP contribution in [0, 0.1) is 10.1 Å². The van der Waals surface area contributed by atoms with Crippen LogP contribution in [0.3, 0.4) is 0 Å². The molecule has 0 spiro atoms. The van der Waals surface area contributed by atoms with E-state index in [1.54, 1.807) is 29.2 Å². The Morgan fingerprint density at radius 3 is 2.85 bits per heavy atom. The lowest BCUT2D eigenvalue weighted by molar-refractivity contribution is -0.384. The average molecular weight is 357 g/mol. The first-order valence-corrected chi connectivity index (χ1v) is 7.65. The highest BCUT2D eigenvalue weighted by atomic mass is 16.6. The first-order valence-electron chi connectivity index (χ1n) is 7.65. The van der Waals surface area contributed by atoms with Crippen molar-refractivity contribution in [2.24, 2.45) is 0 Å². The number of carbonyl (C=O) groups excluding carboxylic acids is 2. The van der Waals surface area contributed by atoms with E-state index in [0.717, 1.165) is 0 Å². The van der Waals surface area contributed by atoms with Gasteiger partial charge in [0.15, 0.2) is 5.75 Å². The number of nitrogens with zero attached hydrogens (tertiary/aromatic N) is 2. The summed E-state index contributed by atoms with van der Waals surface area (Å²) in [6.45, 7) is -0.246. The number of carbonyl (C=O) groups is 2. The van der Waals surface area contributed by atoms with E-state index in [0.29, 0.717) is 17.2 Å². The number of ether oxygens (including phenoxy) is 2. The number of nitrogens with one attached hydrogen (secondary N) is 1. The molecule has 9 nitrogen and oxygen atoms in total. The van der Waals surface area contributed by atoms with E-state index in [9.17, 15) is 19.7 Å². The summed E-state index contributed by atoms with van der Waals surface area (Å²) in [5.41, 5.74) is 0.372. The minimum Gasteiger partial charge on any atom is -0.496 e. The third kappa shape index (κ3) is 3.56. The molecular weight excluding hydrogens is 342 g/mol. The van der Waals surface area contributed by atoms with Crippen molar-refractivity contribution in [2.45, 2.75) is 0 Å². The van der Waals surface area contributed by atoms with Gasteiger partial charge in [0.25, 0.3) is 5.69 Å². The molecule has 0 bridgehead atoms. The van der Waals surface area contributed by atoms with Crippen LogP contribution in [-0.2, 0) is 9.59 Å². The fraction of sp³-hybridized carbons (Fsp3) is 0.176. The zero-order valence-corrected chi connectivity index (χ0v) is 13.8. The van der Waals surface area contributed by atoms with Gasteiger partial charge in [0.1, 0.15) is 18.0 Å². The molecule has 0 fully saturated rings. The Bertz CT molecular complexity index is 883. The molecule has 0 saturated carbocycles. The molecule has 1 aliphatic rings. The van der Waals surface area contributed by atoms with E-state index in [-0.39, 0.29) is 24.5 Å². The highest BCUT2D eigenvalue weighted by molar-refractivity contribution is 5.98. The maximum atomic E-state index is 12.4. The zero-order chi connectivity index (χ0) is 18.7. The molecule has 0 radical (unpaired) electrons. The molecule has 0 unspecified atom stereocenters. The monoisotopic (exact) mass is 357 g/mol. The van der Waals surface area contributed by atoms with Crippen LogP contribution in [0.5, 0.6) is 11.5 Å². The summed E-state index contributed by atoms with van der Waals surface area (Å²) in [5.74, 6) is -0.302. The predicted molar refractivity (Wildman–Crippen MR) is 92.6 cm³/mol. The van der Waals surface area contributed by atoms with Crippen LogP contribution in [0.2, 0.25) is 0 Å². The summed E-state index contributed by atoms with van der Waals surface area (Å²) in [6, 6.07) is 11.0. The van der Waals surface area contributed by atoms with Gasteiger partial charge in [-0.2, -0.15) is 0 Å². The number of rotatable bonds is 5. The summed E-state index contributed by atoms with van der Waals surface area (Å²) in [6.07, 6.45) is 0. The van der Waals surface area contributed by atoms with Gasteiger partial charge in [0.05, 0.1) is 30.3 Å². The van der Waals surface area contributed by atoms with Crippen molar-refractivity contribution in [1.29, 1.82) is 0 Å². The Morgan fingerprint density at radius 2 is 2.12 bits per heavy atom. The number of para-hydroxylation sites is 2. The molecule has 1 heterocycles. The van der Waals surface area contributed by atoms with Crippen molar-refractivity contribution in [3.05, 3.63) is 52.6 Å². The molecule has 26 heavy (non-hydrogen) atoms. The predicted octanol–water partition coefficient (Wildman–Crippen LogP) is 1.97. The van der Waals surface area contributed by atoms with Gasteiger partial charge in [-0.15, -0.1) is 0 Å². The summed E-state index contributed by atoms with van der Waals surface area (Å²) in [5, 5.41) is 13.7. The number of amides is 1. The number of fused-ring (bicyclic) bond motifs is 1. The van der Waals surface area contributed by atoms with Crippen LogP contribution in [0.25, 0.3) is 0 Å². The maximum Gasteiger partial charge on any atom is 0.331 e. The Balaban J connectivity index is 1.78. The Kier molecular flexibility index (Phi) is 4.70. The maximum absolute atomic E-state index is 12.4. The summed E-state index contributed by atoms with van der Waals surface area (Å²) in [7, 11) is 1.39. The minimum absolute atomic E-state index is 0.0497. The van der Waals surface area contributed by atoms with Crippen LogP contribution in [0.4, 0.5) is 17.1 Å².